The molecule has 0 saturated heterocycles. The molecule has 2 heteroatoms. The van der Waals surface area contributed by atoms with Crippen molar-refractivity contribution in [3.63, 3.8) is 0 Å². The normalized spacial score (nSPS) is 11.8. The lowest BCUT2D eigenvalue weighted by Crippen LogP contribution is -2.08. The van der Waals surface area contributed by atoms with E-state index in [-0.39, 0.29) is 5.97 Å². The van der Waals surface area contributed by atoms with Crippen LogP contribution < -0.4 is 0 Å². The maximum Gasteiger partial charge on any atom is 0.338 e. The molecule has 0 aromatic heterocycles. The number of benzene rings is 1. The number of esters is 1. The van der Waals surface area contributed by atoms with Crippen LogP contribution in [0, 0.1) is 5.92 Å². The van der Waals surface area contributed by atoms with E-state index in [4.69, 9.17) is 4.74 Å². The van der Waals surface area contributed by atoms with Crippen LogP contribution in [0.15, 0.2) is 43.0 Å². The van der Waals surface area contributed by atoms with Crippen molar-refractivity contribution >= 4 is 5.97 Å². The van der Waals surface area contributed by atoms with E-state index in [9.17, 15) is 4.79 Å². The fourth-order valence-corrected chi connectivity index (χ4v) is 1.56. The number of carbonyl (C=O) groups excluding carboxylic acids is 1. The van der Waals surface area contributed by atoms with Crippen LogP contribution in [-0.2, 0) is 4.74 Å². The lowest BCUT2D eigenvalue weighted by molar-refractivity contribution is 0.0484. The van der Waals surface area contributed by atoms with E-state index in [0.717, 1.165) is 19.3 Å². The minimum atomic E-state index is -0.235. The molecular formula is C15H20O2. The third-order valence-electron chi connectivity index (χ3n) is 2.72. The molecule has 1 unspecified atom stereocenters. The van der Waals surface area contributed by atoms with Crippen LogP contribution in [-0.4, -0.2) is 12.6 Å². The van der Waals surface area contributed by atoms with E-state index in [1.54, 1.807) is 12.1 Å². The van der Waals surface area contributed by atoms with Gasteiger partial charge in [-0.2, -0.15) is 0 Å². The lowest BCUT2D eigenvalue weighted by Gasteiger charge is -2.10. The van der Waals surface area contributed by atoms with Crippen molar-refractivity contribution in [3.05, 3.63) is 48.6 Å². The van der Waals surface area contributed by atoms with Crippen LogP contribution in [0.5, 0.6) is 0 Å². The van der Waals surface area contributed by atoms with Gasteiger partial charge in [-0.25, -0.2) is 4.79 Å². The average molecular weight is 232 g/mol. The predicted octanol–water partition coefficient (Wildman–Crippen LogP) is 3.84. The van der Waals surface area contributed by atoms with E-state index in [0.29, 0.717) is 18.1 Å². The first-order valence-corrected chi connectivity index (χ1v) is 6.07. The average Bonchev–Trinajstić information content (AvgIpc) is 2.37. The standard InChI is InChI=1S/C15H20O2/c1-3-4-8-13(2)11-12-17-15(16)14-9-6-5-7-10-14/h3,5-7,9-10,13H,1,4,8,11-12H2,2H3. The molecule has 92 valence electrons. The zero-order valence-corrected chi connectivity index (χ0v) is 10.4. The molecule has 0 fully saturated rings. The van der Waals surface area contributed by atoms with Crippen molar-refractivity contribution in [2.75, 3.05) is 6.61 Å². The van der Waals surface area contributed by atoms with Crippen molar-refractivity contribution in [3.8, 4) is 0 Å². The third kappa shape index (κ3) is 5.34. The van der Waals surface area contributed by atoms with E-state index >= 15 is 0 Å². The number of hydrogen-bond acceptors (Lipinski definition) is 2. The van der Waals surface area contributed by atoms with E-state index in [1.165, 1.54) is 0 Å². The first kappa shape index (κ1) is 13.5. The molecule has 1 aromatic rings. The SMILES string of the molecule is C=CCCC(C)CCOC(=O)c1ccccc1. The molecule has 0 aliphatic heterocycles. The molecule has 1 rings (SSSR count). The summed E-state index contributed by atoms with van der Waals surface area (Å²) < 4.78 is 5.21. The van der Waals surface area contributed by atoms with Gasteiger partial charge in [-0.05, 0) is 37.3 Å². The summed E-state index contributed by atoms with van der Waals surface area (Å²) >= 11 is 0. The van der Waals surface area contributed by atoms with Crippen LogP contribution in [0.25, 0.3) is 0 Å². The number of allylic oxidation sites excluding steroid dienone is 1. The maximum absolute atomic E-state index is 11.6. The predicted molar refractivity (Wildman–Crippen MR) is 69.9 cm³/mol. The second-order valence-corrected chi connectivity index (χ2v) is 4.26. The van der Waals surface area contributed by atoms with E-state index < -0.39 is 0 Å². The summed E-state index contributed by atoms with van der Waals surface area (Å²) in [6, 6.07) is 9.09. The summed E-state index contributed by atoms with van der Waals surface area (Å²) in [5.41, 5.74) is 0.617. The zero-order chi connectivity index (χ0) is 12.5. The molecule has 0 radical (unpaired) electrons. The van der Waals surface area contributed by atoms with Gasteiger partial charge < -0.3 is 4.74 Å². The van der Waals surface area contributed by atoms with Gasteiger partial charge in [-0.3, -0.25) is 0 Å². The van der Waals surface area contributed by atoms with Gasteiger partial charge >= 0.3 is 5.97 Å². The highest BCUT2D eigenvalue weighted by Crippen LogP contribution is 2.11. The Balaban J connectivity index is 2.23. The van der Waals surface area contributed by atoms with Crippen molar-refractivity contribution in [2.24, 2.45) is 5.92 Å². The lowest BCUT2D eigenvalue weighted by atomic mass is 10.0. The Morgan fingerprint density at radius 3 is 2.71 bits per heavy atom. The van der Waals surface area contributed by atoms with Crippen LogP contribution >= 0.6 is 0 Å². The molecule has 0 saturated carbocycles. The minimum absolute atomic E-state index is 0.235. The summed E-state index contributed by atoms with van der Waals surface area (Å²) in [7, 11) is 0. The minimum Gasteiger partial charge on any atom is -0.462 e. The van der Waals surface area contributed by atoms with Crippen LogP contribution in [0.2, 0.25) is 0 Å². The molecule has 0 bridgehead atoms. The highest BCUT2D eigenvalue weighted by Gasteiger charge is 2.07. The molecule has 1 atom stereocenters. The smallest absolute Gasteiger partial charge is 0.338 e. The Bertz CT molecular complexity index is 343. The molecule has 0 spiro atoms. The van der Waals surface area contributed by atoms with Crippen LogP contribution in [0.3, 0.4) is 0 Å². The largest absolute Gasteiger partial charge is 0.462 e. The monoisotopic (exact) mass is 232 g/mol. The number of rotatable bonds is 7. The van der Waals surface area contributed by atoms with Gasteiger partial charge in [0.15, 0.2) is 0 Å². The van der Waals surface area contributed by atoms with Gasteiger partial charge in [-0.15, -0.1) is 6.58 Å². The van der Waals surface area contributed by atoms with Crippen molar-refractivity contribution in [1.29, 1.82) is 0 Å². The Labute approximate surface area is 103 Å². The Morgan fingerprint density at radius 1 is 1.35 bits per heavy atom. The summed E-state index contributed by atoms with van der Waals surface area (Å²) in [6.07, 6.45) is 4.96. The summed E-state index contributed by atoms with van der Waals surface area (Å²) in [5, 5.41) is 0. The fraction of sp³-hybridized carbons (Fsp3) is 0.400. The molecule has 0 N–H and O–H groups in total. The maximum atomic E-state index is 11.6. The molecule has 0 heterocycles. The van der Waals surface area contributed by atoms with Gasteiger partial charge in [0.1, 0.15) is 0 Å². The zero-order valence-electron chi connectivity index (χ0n) is 10.4. The molecule has 2 nitrogen and oxygen atoms in total. The van der Waals surface area contributed by atoms with Gasteiger partial charge in [0.25, 0.3) is 0 Å². The van der Waals surface area contributed by atoms with Gasteiger partial charge in [0.2, 0.25) is 0 Å². The third-order valence-corrected chi connectivity index (χ3v) is 2.72. The topological polar surface area (TPSA) is 26.3 Å². The fourth-order valence-electron chi connectivity index (χ4n) is 1.56. The second kappa shape index (κ2) is 7.66. The van der Waals surface area contributed by atoms with E-state index in [2.05, 4.69) is 13.5 Å². The Morgan fingerprint density at radius 2 is 2.06 bits per heavy atom. The van der Waals surface area contributed by atoms with Crippen molar-refractivity contribution < 1.29 is 9.53 Å². The number of ether oxygens (including phenoxy) is 1. The Kier molecular flexibility index (Phi) is 6.08. The van der Waals surface area contributed by atoms with Crippen LogP contribution in [0.4, 0.5) is 0 Å². The highest BCUT2D eigenvalue weighted by molar-refractivity contribution is 5.89. The van der Waals surface area contributed by atoms with Crippen LogP contribution in [0.1, 0.15) is 36.5 Å². The second-order valence-electron chi connectivity index (χ2n) is 4.26. The van der Waals surface area contributed by atoms with Gasteiger partial charge in [0.05, 0.1) is 12.2 Å². The van der Waals surface area contributed by atoms with Crippen molar-refractivity contribution in [2.45, 2.75) is 26.2 Å². The molecule has 0 aliphatic carbocycles. The first-order chi connectivity index (χ1) is 8.24. The quantitative estimate of drug-likeness (QED) is 0.527. The van der Waals surface area contributed by atoms with Crippen molar-refractivity contribution in [1.82, 2.24) is 0 Å². The first-order valence-electron chi connectivity index (χ1n) is 6.07. The summed E-state index contributed by atoms with van der Waals surface area (Å²) in [6.45, 7) is 6.35. The highest BCUT2D eigenvalue weighted by atomic mass is 16.5. The molecule has 17 heavy (non-hydrogen) atoms. The number of carbonyl (C=O) groups is 1. The molecule has 0 aliphatic rings. The Hall–Kier alpha value is -1.57. The molecular weight excluding hydrogens is 212 g/mol. The van der Waals surface area contributed by atoms with E-state index in [1.807, 2.05) is 24.3 Å². The summed E-state index contributed by atoms with van der Waals surface area (Å²) in [4.78, 5) is 11.6. The summed E-state index contributed by atoms with van der Waals surface area (Å²) in [5.74, 6) is 0.332. The number of hydrogen-bond donors (Lipinski definition) is 0. The van der Waals surface area contributed by atoms with Gasteiger partial charge in [0, 0.05) is 0 Å². The molecule has 0 amide bonds. The molecule has 1 aromatic carbocycles. The van der Waals surface area contributed by atoms with Gasteiger partial charge in [-0.1, -0.05) is 31.2 Å².